The molecule has 0 radical (unpaired) electrons. The zero-order valence-corrected chi connectivity index (χ0v) is 20.3. The highest BCUT2D eigenvalue weighted by Gasteiger charge is 2.15. The number of nitrogens with one attached hydrogen (secondary N) is 2. The number of hydrogen-bond acceptors (Lipinski definition) is 3. The Morgan fingerprint density at radius 2 is 1.73 bits per heavy atom. The van der Waals surface area contributed by atoms with Crippen LogP contribution in [0.4, 0.5) is 15.9 Å². The highest BCUT2D eigenvalue weighted by molar-refractivity contribution is 7.80. The molecule has 0 bridgehead atoms. The largest absolute Gasteiger partial charge is 0.329 e. The Balaban J connectivity index is 1.42. The zero-order valence-electron chi connectivity index (χ0n) is 17.9. The highest BCUT2D eigenvalue weighted by atomic mass is 35.5. The molecule has 0 atom stereocenters. The zero-order chi connectivity index (χ0) is 23.5. The van der Waals surface area contributed by atoms with Crippen molar-refractivity contribution >= 4 is 52.0 Å². The van der Waals surface area contributed by atoms with Gasteiger partial charge in [0, 0.05) is 22.3 Å². The van der Waals surface area contributed by atoms with Gasteiger partial charge in [0.1, 0.15) is 5.82 Å². The molecule has 0 unspecified atom stereocenters. The van der Waals surface area contributed by atoms with Gasteiger partial charge in [-0.1, -0.05) is 47.5 Å². The van der Waals surface area contributed by atoms with Crippen LogP contribution in [0.1, 0.15) is 22.5 Å². The molecule has 0 fully saturated rings. The summed E-state index contributed by atoms with van der Waals surface area (Å²) in [5.41, 5.74) is 4.20. The number of thiocarbonyl (C=S) groups is 1. The standard InChI is InChI=1S/C23H21Cl2FN6S/c1-14-22(15(2)32(29-14)13-17-7-8-18(26)11-20(17)25)28-23(33)27-21-9-10-31(30-21)12-16-5-3-4-6-19(16)24/h3-11H,12-13H2,1-2H3,(H2,27,28,30,33). The van der Waals surface area contributed by atoms with Crippen LogP contribution in [0.25, 0.3) is 0 Å². The van der Waals surface area contributed by atoms with Crippen LogP contribution in [-0.2, 0) is 13.1 Å². The molecule has 2 aromatic heterocycles. The van der Waals surface area contributed by atoms with E-state index >= 15 is 0 Å². The molecule has 6 nitrogen and oxygen atoms in total. The lowest BCUT2D eigenvalue weighted by molar-refractivity contribution is 0.622. The van der Waals surface area contributed by atoms with Crippen LogP contribution in [0, 0.1) is 19.7 Å². The van der Waals surface area contributed by atoms with Crippen molar-refractivity contribution in [2.24, 2.45) is 0 Å². The summed E-state index contributed by atoms with van der Waals surface area (Å²) in [6.07, 6.45) is 1.86. The molecule has 170 valence electrons. The molecule has 2 heterocycles. The van der Waals surface area contributed by atoms with Crippen molar-refractivity contribution in [2.45, 2.75) is 26.9 Å². The van der Waals surface area contributed by atoms with Crippen LogP contribution in [-0.4, -0.2) is 24.7 Å². The Morgan fingerprint density at radius 3 is 2.48 bits per heavy atom. The molecule has 0 spiro atoms. The van der Waals surface area contributed by atoms with Crippen LogP contribution >= 0.6 is 35.4 Å². The van der Waals surface area contributed by atoms with Gasteiger partial charge < -0.3 is 10.6 Å². The molecule has 33 heavy (non-hydrogen) atoms. The van der Waals surface area contributed by atoms with Crippen molar-refractivity contribution in [3.63, 3.8) is 0 Å². The van der Waals surface area contributed by atoms with Crippen LogP contribution in [0.5, 0.6) is 0 Å². The number of aromatic nitrogens is 4. The number of nitrogens with zero attached hydrogens (tertiary/aromatic N) is 4. The van der Waals surface area contributed by atoms with E-state index in [1.807, 2.05) is 50.4 Å². The first-order valence-electron chi connectivity index (χ1n) is 10.1. The van der Waals surface area contributed by atoms with E-state index < -0.39 is 0 Å². The first kappa shape index (κ1) is 23.2. The quantitative estimate of drug-likeness (QED) is 0.314. The summed E-state index contributed by atoms with van der Waals surface area (Å²) in [4.78, 5) is 0. The minimum absolute atomic E-state index is 0.363. The maximum absolute atomic E-state index is 13.3. The van der Waals surface area contributed by atoms with Gasteiger partial charge in [0.15, 0.2) is 10.9 Å². The van der Waals surface area contributed by atoms with Crippen LogP contribution in [0.2, 0.25) is 10.0 Å². The Kier molecular flexibility index (Phi) is 6.97. The number of halogens is 3. The first-order chi connectivity index (χ1) is 15.8. The summed E-state index contributed by atoms with van der Waals surface area (Å²) in [7, 11) is 0. The van der Waals surface area contributed by atoms with Gasteiger partial charge in [-0.2, -0.15) is 10.2 Å². The SMILES string of the molecule is Cc1nn(Cc2ccc(F)cc2Cl)c(C)c1NC(=S)Nc1ccn(Cc2ccccc2Cl)n1. The first-order valence-corrected chi connectivity index (χ1v) is 11.3. The predicted molar refractivity (Wildman–Crippen MR) is 135 cm³/mol. The predicted octanol–water partition coefficient (Wildman–Crippen LogP) is 6.05. The number of aryl methyl sites for hydroxylation is 1. The van der Waals surface area contributed by atoms with Crippen molar-refractivity contribution in [1.29, 1.82) is 0 Å². The molecule has 0 amide bonds. The smallest absolute Gasteiger partial charge is 0.176 e. The van der Waals surface area contributed by atoms with Gasteiger partial charge in [0.25, 0.3) is 0 Å². The van der Waals surface area contributed by atoms with Gasteiger partial charge in [-0.15, -0.1) is 0 Å². The second-order valence-corrected chi connectivity index (χ2v) is 8.73. The third kappa shape index (κ3) is 5.52. The Morgan fingerprint density at radius 1 is 0.970 bits per heavy atom. The van der Waals surface area contributed by atoms with E-state index in [9.17, 15) is 4.39 Å². The lowest BCUT2D eigenvalue weighted by atomic mass is 10.2. The van der Waals surface area contributed by atoms with E-state index in [4.69, 9.17) is 35.4 Å². The van der Waals surface area contributed by atoms with Gasteiger partial charge in [-0.3, -0.25) is 9.36 Å². The molecule has 0 aliphatic carbocycles. The van der Waals surface area contributed by atoms with Crippen molar-refractivity contribution in [3.8, 4) is 0 Å². The summed E-state index contributed by atoms with van der Waals surface area (Å²) in [5, 5.41) is 16.8. The Labute approximate surface area is 206 Å². The number of rotatable bonds is 6. The monoisotopic (exact) mass is 502 g/mol. The topological polar surface area (TPSA) is 59.7 Å². The number of benzene rings is 2. The average molecular weight is 503 g/mol. The van der Waals surface area contributed by atoms with Gasteiger partial charge in [0.2, 0.25) is 0 Å². The molecule has 0 aliphatic heterocycles. The molecular weight excluding hydrogens is 482 g/mol. The fourth-order valence-electron chi connectivity index (χ4n) is 3.42. The lowest BCUT2D eigenvalue weighted by Crippen LogP contribution is -2.20. The molecule has 10 heteroatoms. The Bertz CT molecular complexity index is 1320. The highest BCUT2D eigenvalue weighted by Crippen LogP contribution is 2.24. The summed E-state index contributed by atoms with van der Waals surface area (Å²) in [6.45, 7) is 4.79. The minimum atomic E-state index is -0.370. The van der Waals surface area contributed by atoms with E-state index in [-0.39, 0.29) is 5.82 Å². The van der Waals surface area contributed by atoms with Crippen molar-refractivity contribution in [1.82, 2.24) is 19.6 Å². The summed E-state index contributed by atoms with van der Waals surface area (Å²) in [5.74, 6) is 0.241. The third-order valence-corrected chi connectivity index (χ3v) is 6.05. The molecule has 4 rings (SSSR count). The summed E-state index contributed by atoms with van der Waals surface area (Å²) < 4.78 is 16.9. The van der Waals surface area contributed by atoms with Crippen molar-refractivity contribution in [2.75, 3.05) is 10.6 Å². The van der Waals surface area contributed by atoms with E-state index in [0.29, 0.717) is 34.1 Å². The van der Waals surface area contributed by atoms with Gasteiger partial charge in [-0.05, 0) is 55.4 Å². The average Bonchev–Trinajstić information content (AvgIpc) is 3.31. The van der Waals surface area contributed by atoms with E-state index in [2.05, 4.69) is 20.8 Å². The van der Waals surface area contributed by atoms with Crippen molar-refractivity contribution < 1.29 is 4.39 Å². The van der Waals surface area contributed by atoms with Crippen LogP contribution in [0.3, 0.4) is 0 Å². The second kappa shape index (κ2) is 9.91. The number of hydrogen-bond donors (Lipinski definition) is 2. The maximum atomic E-state index is 13.3. The molecule has 4 aromatic rings. The molecule has 2 N–H and O–H groups in total. The summed E-state index contributed by atoms with van der Waals surface area (Å²) in [6, 6.07) is 13.8. The van der Waals surface area contributed by atoms with E-state index in [0.717, 1.165) is 28.2 Å². The number of anilines is 2. The normalized spacial score (nSPS) is 10.9. The van der Waals surface area contributed by atoms with Crippen LogP contribution < -0.4 is 10.6 Å². The maximum Gasteiger partial charge on any atom is 0.176 e. The fraction of sp³-hybridized carbons (Fsp3) is 0.174. The van der Waals surface area contributed by atoms with Crippen molar-refractivity contribution in [3.05, 3.63) is 93.1 Å². The second-order valence-electron chi connectivity index (χ2n) is 7.51. The van der Waals surface area contributed by atoms with Crippen LogP contribution in [0.15, 0.2) is 54.7 Å². The van der Waals surface area contributed by atoms with E-state index in [1.165, 1.54) is 12.1 Å². The lowest BCUT2D eigenvalue weighted by Gasteiger charge is -2.10. The van der Waals surface area contributed by atoms with E-state index in [1.54, 1.807) is 15.4 Å². The van der Waals surface area contributed by atoms with Gasteiger partial charge >= 0.3 is 0 Å². The molecule has 2 aromatic carbocycles. The minimum Gasteiger partial charge on any atom is -0.329 e. The fourth-order valence-corrected chi connectivity index (χ4v) is 4.05. The molecule has 0 saturated carbocycles. The van der Waals surface area contributed by atoms with Gasteiger partial charge in [-0.25, -0.2) is 4.39 Å². The Hall–Kier alpha value is -2.94. The summed E-state index contributed by atoms with van der Waals surface area (Å²) >= 11 is 17.9. The molecule has 0 aliphatic rings. The van der Waals surface area contributed by atoms with Gasteiger partial charge in [0.05, 0.1) is 30.2 Å². The molecular formula is C23H21Cl2FN6S. The third-order valence-electron chi connectivity index (χ3n) is 5.13. The molecule has 0 saturated heterocycles.